The lowest BCUT2D eigenvalue weighted by atomic mass is 9.86. The highest BCUT2D eigenvalue weighted by Gasteiger charge is 2.46. The molecule has 5 atom stereocenters. The number of hydrogen-bond acceptors (Lipinski definition) is 3. The molecule has 3 rings (SSSR count). The molecule has 0 unspecified atom stereocenters. The average Bonchev–Trinajstić information content (AvgIpc) is 2.68. The number of allylic oxidation sites excluding steroid dienone is 1. The Hall–Kier alpha value is -1.09. The maximum atomic E-state index is 11.6. The molecule has 0 aromatic rings. The number of aliphatic hydroxyl groups excluding tert-OH is 1. The predicted molar refractivity (Wildman–Crippen MR) is 67.7 cm³/mol. The molecule has 0 amide bonds. The van der Waals surface area contributed by atoms with Gasteiger partial charge in [0.25, 0.3) is 0 Å². The molecular weight excluding hydrogens is 228 g/mol. The minimum Gasteiger partial charge on any atom is -0.458 e. The fraction of sp³-hybridized carbons (Fsp3) is 0.667. The van der Waals surface area contributed by atoms with Gasteiger partial charge < -0.3 is 9.84 Å². The molecule has 1 aliphatic heterocycles. The smallest absolute Gasteiger partial charge is 0.334 e. The second-order valence-corrected chi connectivity index (χ2v) is 6.06. The van der Waals surface area contributed by atoms with E-state index in [1.54, 1.807) is 0 Å². The minimum absolute atomic E-state index is 0.00282. The highest BCUT2D eigenvalue weighted by molar-refractivity contribution is 5.90. The van der Waals surface area contributed by atoms with Gasteiger partial charge in [0.2, 0.25) is 0 Å². The molecule has 1 heterocycles. The summed E-state index contributed by atoms with van der Waals surface area (Å²) in [7, 11) is 0. The van der Waals surface area contributed by atoms with Crippen molar-refractivity contribution in [2.24, 2.45) is 17.8 Å². The van der Waals surface area contributed by atoms with E-state index in [1.807, 2.05) is 6.92 Å². The third-order valence-electron chi connectivity index (χ3n) is 5.08. The minimum atomic E-state index is -0.296. The highest BCUT2D eigenvalue weighted by Crippen LogP contribution is 2.49. The quantitative estimate of drug-likeness (QED) is 0.406. The average molecular weight is 248 g/mol. The number of carbonyl (C=O) groups excluding carboxylic acids is 1. The summed E-state index contributed by atoms with van der Waals surface area (Å²) in [4.78, 5) is 11.6. The Morgan fingerprint density at radius 2 is 2.06 bits per heavy atom. The number of esters is 1. The fourth-order valence-electron chi connectivity index (χ4n) is 3.86. The molecule has 1 saturated carbocycles. The summed E-state index contributed by atoms with van der Waals surface area (Å²) in [5.41, 5.74) is 3.08. The molecule has 1 N–H and O–H groups in total. The van der Waals surface area contributed by atoms with Crippen LogP contribution in [0.25, 0.3) is 0 Å². The monoisotopic (exact) mass is 248 g/mol. The second-order valence-electron chi connectivity index (χ2n) is 6.06. The van der Waals surface area contributed by atoms with Crippen LogP contribution in [0.2, 0.25) is 0 Å². The van der Waals surface area contributed by atoms with Crippen molar-refractivity contribution in [2.75, 3.05) is 0 Å². The van der Waals surface area contributed by atoms with Crippen LogP contribution in [0.5, 0.6) is 0 Å². The first-order valence-electron chi connectivity index (χ1n) is 6.76. The number of rotatable bonds is 0. The van der Waals surface area contributed by atoms with E-state index in [0.717, 1.165) is 24.8 Å². The van der Waals surface area contributed by atoms with Crippen LogP contribution < -0.4 is 0 Å². The highest BCUT2D eigenvalue weighted by atomic mass is 16.6. The number of ether oxygens (including phenoxy) is 1. The summed E-state index contributed by atoms with van der Waals surface area (Å²) in [5, 5.41) is 10.0. The van der Waals surface area contributed by atoms with Crippen LogP contribution in [0.4, 0.5) is 0 Å². The van der Waals surface area contributed by atoms with Gasteiger partial charge in [0, 0.05) is 11.5 Å². The van der Waals surface area contributed by atoms with Gasteiger partial charge in [-0.3, -0.25) is 0 Å². The Morgan fingerprint density at radius 3 is 2.78 bits per heavy atom. The lowest BCUT2D eigenvalue weighted by Gasteiger charge is -2.20. The predicted octanol–water partition coefficient (Wildman–Crippen LogP) is 2.21. The zero-order chi connectivity index (χ0) is 13.0. The van der Waals surface area contributed by atoms with Gasteiger partial charge in [0.15, 0.2) is 0 Å². The normalized spacial score (nSPS) is 43.6. The summed E-state index contributed by atoms with van der Waals surface area (Å²) in [6.45, 7) is 8.11. The van der Waals surface area contributed by atoms with Crippen LogP contribution in [-0.4, -0.2) is 23.3 Å². The Balaban J connectivity index is 1.97. The summed E-state index contributed by atoms with van der Waals surface area (Å²) in [6.07, 6.45) is 2.28. The van der Waals surface area contributed by atoms with E-state index in [2.05, 4.69) is 13.5 Å². The maximum absolute atomic E-state index is 11.6. The van der Waals surface area contributed by atoms with E-state index in [4.69, 9.17) is 4.74 Å². The van der Waals surface area contributed by atoms with Crippen molar-refractivity contribution in [3.05, 3.63) is 23.3 Å². The third-order valence-corrected chi connectivity index (χ3v) is 5.08. The third kappa shape index (κ3) is 1.57. The van der Waals surface area contributed by atoms with Crippen LogP contribution in [0.1, 0.15) is 33.1 Å². The van der Waals surface area contributed by atoms with Crippen molar-refractivity contribution in [3.8, 4) is 0 Å². The summed E-state index contributed by atoms with van der Waals surface area (Å²) >= 11 is 0. The molecule has 18 heavy (non-hydrogen) atoms. The van der Waals surface area contributed by atoms with Gasteiger partial charge >= 0.3 is 5.97 Å². The first-order valence-corrected chi connectivity index (χ1v) is 6.76. The molecule has 3 aliphatic rings. The van der Waals surface area contributed by atoms with E-state index in [-0.39, 0.29) is 24.1 Å². The zero-order valence-electron chi connectivity index (χ0n) is 11.0. The van der Waals surface area contributed by atoms with Crippen molar-refractivity contribution in [1.29, 1.82) is 0 Å². The van der Waals surface area contributed by atoms with E-state index in [9.17, 15) is 9.90 Å². The molecule has 2 fully saturated rings. The summed E-state index contributed by atoms with van der Waals surface area (Å²) in [5.74, 6) is 0.811. The van der Waals surface area contributed by atoms with E-state index in [0.29, 0.717) is 17.4 Å². The van der Waals surface area contributed by atoms with Crippen molar-refractivity contribution in [3.63, 3.8) is 0 Å². The zero-order valence-corrected chi connectivity index (χ0v) is 11.0. The fourth-order valence-corrected chi connectivity index (χ4v) is 3.86. The van der Waals surface area contributed by atoms with Gasteiger partial charge in [0.05, 0.1) is 6.10 Å². The SMILES string of the molecule is C=C1C(=O)O[C@@H]2C[C@H](C)[C@@H]3C[C@@H](O)C(C)=C3C[C@H]12. The van der Waals surface area contributed by atoms with E-state index in [1.165, 1.54) is 5.57 Å². The van der Waals surface area contributed by atoms with Crippen molar-refractivity contribution < 1.29 is 14.6 Å². The van der Waals surface area contributed by atoms with Crippen molar-refractivity contribution >= 4 is 5.97 Å². The number of aliphatic hydroxyl groups is 1. The molecule has 2 aliphatic carbocycles. The molecule has 0 bridgehead atoms. The van der Waals surface area contributed by atoms with E-state index >= 15 is 0 Å². The molecule has 0 aromatic carbocycles. The van der Waals surface area contributed by atoms with Crippen LogP contribution in [0.3, 0.4) is 0 Å². The molecular formula is C15H20O3. The Kier molecular flexibility index (Phi) is 2.63. The largest absolute Gasteiger partial charge is 0.458 e. The molecule has 1 saturated heterocycles. The first kappa shape index (κ1) is 12.0. The van der Waals surface area contributed by atoms with E-state index < -0.39 is 0 Å². The van der Waals surface area contributed by atoms with Gasteiger partial charge in [0.1, 0.15) is 6.10 Å². The lowest BCUT2D eigenvalue weighted by molar-refractivity contribution is -0.139. The molecule has 0 aromatic heterocycles. The van der Waals surface area contributed by atoms with Gasteiger partial charge in [-0.15, -0.1) is 0 Å². The molecule has 0 spiro atoms. The topological polar surface area (TPSA) is 46.5 Å². The Bertz CT molecular complexity index is 449. The molecule has 0 radical (unpaired) electrons. The Labute approximate surface area is 108 Å². The summed E-state index contributed by atoms with van der Waals surface area (Å²) < 4.78 is 5.43. The van der Waals surface area contributed by atoms with Gasteiger partial charge in [-0.2, -0.15) is 0 Å². The van der Waals surface area contributed by atoms with Crippen LogP contribution >= 0.6 is 0 Å². The van der Waals surface area contributed by atoms with Crippen molar-refractivity contribution in [2.45, 2.75) is 45.3 Å². The maximum Gasteiger partial charge on any atom is 0.334 e. The second kappa shape index (κ2) is 3.95. The summed E-state index contributed by atoms with van der Waals surface area (Å²) in [6, 6.07) is 0. The standard InChI is InChI=1S/C15H20O3/c1-7-4-14-12(9(3)15(17)18-14)5-11-8(2)13(16)6-10(7)11/h7,10,12-14,16H,3-6H2,1-2H3/t7-,10-,12+,13+,14+/m0/s1. The van der Waals surface area contributed by atoms with Crippen LogP contribution in [0, 0.1) is 17.8 Å². The molecule has 3 heteroatoms. The Morgan fingerprint density at radius 1 is 1.33 bits per heavy atom. The number of hydrogen-bond donors (Lipinski definition) is 1. The number of fused-ring (bicyclic) bond motifs is 2. The van der Waals surface area contributed by atoms with Crippen LogP contribution in [-0.2, 0) is 9.53 Å². The van der Waals surface area contributed by atoms with Crippen LogP contribution in [0.15, 0.2) is 23.3 Å². The molecule has 98 valence electrons. The molecule has 3 nitrogen and oxygen atoms in total. The number of carbonyl (C=O) groups is 1. The van der Waals surface area contributed by atoms with Gasteiger partial charge in [-0.1, -0.05) is 19.1 Å². The van der Waals surface area contributed by atoms with Gasteiger partial charge in [-0.25, -0.2) is 4.79 Å². The van der Waals surface area contributed by atoms with Crippen molar-refractivity contribution in [1.82, 2.24) is 0 Å². The first-order chi connectivity index (χ1) is 8.49. The lowest BCUT2D eigenvalue weighted by Crippen LogP contribution is -2.19. The van der Waals surface area contributed by atoms with Gasteiger partial charge in [-0.05, 0) is 43.6 Å².